The fourth-order valence-corrected chi connectivity index (χ4v) is 4.48. The molecule has 6 nitrogen and oxygen atoms in total. The molecule has 2 rings (SSSR count). The number of carbonyl (C=O) groups is 1. The molecule has 116 valence electrons. The van der Waals surface area contributed by atoms with Crippen LogP contribution in [0.4, 0.5) is 0 Å². The van der Waals surface area contributed by atoms with Gasteiger partial charge < -0.3 is 10.1 Å². The van der Waals surface area contributed by atoms with E-state index in [-0.39, 0.29) is 6.04 Å². The van der Waals surface area contributed by atoms with Crippen LogP contribution in [0.25, 0.3) is 0 Å². The van der Waals surface area contributed by atoms with E-state index in [0.717, 1.165) is 19.4 Å². The molecule has 2 heterocycles. The molecule has 1 unspecified atom stereocenters. The third kappa shape index (κ3) is 3.51. The Morgan fingerprint density at radius 3 is 2.60 bits per heavy atom. The predicted molar refractivity (Wildman–Crippen MR) is 75.8 cm³/mol. The molecular formula is C13H24N2O4S. The van der Waals surface area contributed by atoms with Gasteiger partial charge in [-0.15, -0.1) is 0 Å². The van der Waals surface area contributed by atoms with Crippen molar-refractivity contribution in [2.24, 2.45) is 0 Å². The average molecular weight is 304 g/mol. The fraction of sp³-hybridized carbons (Fsp3) is 0.923. The molecule has 0 bridgehead atoms. The van der Waals surface area contributed by atoms with Gasteiger partial charge in [0.15, 0.2) is 5.25 Å². The van der Waals surface area contributed by atoms with E-state index in [1.165, 1.54) is 4.31 Å². The first kappa shape index (κ1) is 15.7. The zero-order valence-electron chi connectivity index (χ0n) is 12.4. The molecule has 0 amide bonds. The van der Waals surface area contributed by atoms with Gasteiger partial charge in [0.1, 0.15) is 5.60 Å². The summed E-state index contributed by atoms with van der Waals surface area (Å²) in [6, 6.07) is 0.210. The Balaban J connectivity index is 2.01. The predicted octanol–water partition coefficient (Wildman–Crippen LogP) is 0.484. The minimum Gasteiger partial charge on any atom is -0.459 e. The normalized spacial score (nSPS) is 30.6. The van der Waals surface area contributed by atoms with Gasteiger partial charge in [-0.1, -0.05) is 0 Å². The van der Waals surface area contributed by atoms with Crippen molar-refractivity contribution in [1.82, 2.24) is 9.62 Å². The van der Waals surface area contributed by atoms with Crippen molar-refractivity contribution in [3.63, 3.8) is 0 Å². The lowest BCUT2D eigenvalue weighted by Crippen LogP contribution is -2.42. The molecule has 2 aliphatic heterocycles. The number of ether oxygens (including phenoxy) is 1. The van der Waals surface area contributed by atoms with E-state index in [1.54, 1.807) is 20.8 Å². The minimum absolute atomic E-state index is 0.210. The van der Waals surface area contributed by atoms with Gasteiger partial charge in [-0.3, -0.25) is 4.79 Å². The van der Waals surface area contributed by atoms with Crippen molar-refractivity contribution in [2.45, 2.75) is 56.9 Å². The van der Waals surface area contributed by atoms with Gasteiger partial charge >= 0.3 is 5.97 Å². The molecule has 1 N–H and O–H groups in total. The Labute approximate surface area is 120 Å². The maximum atomic E-state index is 12.4. The number of sulfonamides is 1. The number of nitrogens with zero attached hydrogens (tertiary/aromatic N) is 1. The highest BCUT2D eigenvalue weighted by Gasteiger charge is 2.46. The van der Waals surface area contributed by atoms with Crippen molar-refractivity contribution < 1.29 is 17.9 Å². The number of esters is 1. The van der Waals surface area contributed by atoms with Crippen LogP contribution in [0.2, 0.25) is 0 Å². The van der Waals surface area contributed by atoms with Crippen LogP contribution in [0.1, 0.15) is 40.0 Å². The molecule has 0 aromatic rings. The van der Waals surface area contributed by atoms with Crippen molar-refractivity contribution in [3.05, 3.63) is 0 Å². The largest absolute Gasteiger partial charge is 0.459 e. The van der Waals surface area contributed by atoms with Gasteiger partial charge in [0.2, 0.25) is 10.0 Å². The number of hydrogen-bond donors (Lipinski definition) is 1. The van der Waals surface area contributed by atoms with Crippen LogP contribution < -0.4 is 5.32 Å². The Hall–Kier alpha value is -0.660. The first-order chi connectivity index (χ1) is 9.20. The topological polar surface area (TPSA) is 75.7 Å². The second kappa shape index (κ2) is 5.61. The maximum absolute atomic E-state index is 12.4. The lowest BCUT2D eigenvalue weighted by atomic mass is 10.2. The van der Waals surface area contributed by atoms with Crippen molar-refractivity contribution in [3.8, 4) is 0 Å². The summed E-state index contributed by atoms with van der Waals surface area (Å²) in [5.74, 6) is -0.626. The quantitative estimate of drug-likeness (QED) is 0.768. The van der Waals surface area contributed by atoms with Crippen LogP contribution in [0.3, 0.4) is 0 Å². The van der Waals surface area contributed by atoms with Crippen LogP contribution in [0.15, 0.2) is 0 Å². The second-order valence-electron chi connectivity index (χ2n) is 6.51. The van der Waals surface area contributed by atoms with Crippen molar-refractivity contribution in [1.29, 1.82) is 0 Å². The average Bonchev–Trinajstić information content (AvgIpc) is 2.86. The van der Waals surface area contributed by atoms with Crippen molar-refractivity contribution >= 4 is 16.0 Å². The highest BCUT2D eigenvalue weighted by Crippen LogP contribution is 2.25. The van der Waals surface area contributed by atoms with Crippen LogP contribution in [-0.4, -0.2) is 55.2 Å². The summed E-state index contributed by atoms with van der Waals surface area (Å²) >= 11 is 0. The smallest absolute Gasteiger partial charge is 0.326 e. The Kier molecular flexibility index (Phi) is 4.41. The first-order valence-corrected chi connectivity index (χ1v) is 8.66. The second-order valence-corrected chi connectivity index (χ2v) is 8.62. The van der Waals surface area contributed by atoms with Gasteiger partial charge in [-0.25, -0.2) is 8.42 Å². The molecular weight excluding hydrogens is 280 g/mol. The molecule has 0 aliphatic carbocycles. The van der Waals surface area contributed by atoms with Crippen LogP contribution in [-0.2, 0) is 19.6 Å². The summed E-state index contributed by atoms with van der Waals surface area (Å²) in [7, 11) is -3.57. The molecule has 2 aliphatic rings. The highest BCUT2D eigenvalue weighted by atomic mass is 32.2. The zero-order chi connectivity index (χ0) is 15.0. The molecule has 7 heteroatoms. The molecule has 0 saturated carbocycles. The number of carbonyl (C=O) groups excluding carboxylic acids is 1. The summed E-state index contributed by atoms with van der Waals surface area (Å²) < 4.78 is 31.5. The molecule has 0 aromatic heterocycles. The number of rotatable bonds is 3. The van der Waals surface area contributed by atoms with Crippen LogP contribution in [0.5, 0.6) is 0 Å². The molecule has 0 radical (unpaired) electrons. The van der Waals surface area contributed by atoms with E-state index in [9.17, 15) is 13.2 Å². The lowest BCUT2D eigenvalue weighted by Gasteiger charge is -2.23. The van der Waals surface area contributed by atoms with Crippen LogP contribution in [0, 0.1) is 0 Å². The standard InChI is InChI=1S/C13H24N2O4S/c1-13(2,3)19-12(16)11-6-8-15(20(11,17)18)9-10-5-4-7-14-10/h10-11,14H,4-9H2,1-3H3/t10-,11?/m1/s1. The summed E-state index contributed by atoms with van der Waals surface area (Å²) in [6.07, 6.45) is 2.39. The zero-order valence-corrected chi connectivity index (χ0v) is 13.2. The SMILES string of the molecule is CC(C)(C)OC(=O)C1CCN(C[C@H]2CCCN2)S1(=O)=O. The summed E-state index contributed by atoms with van der Waals surface area (Å²) in [6.45, 7) is 7.03. The Bertz CT molecular complexity index is 463. The molecule has 20 heavy (non-hydrogen) atoms. The lowest BCUT2D eigenvalue weighted by molar-refractivity contribution is -0.154. The van der Waals surface area contributed by atoms with E-state index in [4.69, 9.17) is 4.74 Å². The van der Waals surface area contributed by atoms with E-state index < -0.39 is 26.8 Å². The monoisotopic (exact) mass is 304 g/mol. The molecule has 2 fully saturated rings. The minimum atomic E-state index is -3.57. The maximum Gasteiger partial charge on any atom is 0.326 e. The third-order valence-electron chi connectivity index (χ3n) is 3.62. The first-order valence-electron chi connectivity index (χ1n) is 7.15. The summed E-state index contributed by atoms with van der Waals surface area (Å²) in [5, 5.41) is 2.24. The van der Waals surface area contributed by atoms with E-state index in [2.05, 4.69) is 5.32 Å². The van der Waals surface area contributed by atoms with Gasteiger partial charge in [-0.05, 0) is 46.6 Å². The highest BCUT2D eigenvalue weighted by molar-refractivity contribution is 7.90. The van der Waals surface area contributed by atoms with E-state index in [0.29, 0.717) is 19.5 Å². The Morgan fingerprint density at radius 1 is 1.35 bits per heavy atom. The number of nitrogens with one attached hydrogen (secondary N) is 1. The molecule has 2 saturated heterocycles. The molecule has 0 spiro atoms. The van der Waals surface area contributed by atoms with Gasteiger partial charge in [0.05, 0.1) is 0 Å². The molecule has 0 aromatic carbocycles. The van der Waals surface area contributed by atoms with E-state index in [1.807, 2.05) is 0 Å². The Morgan fingerprint density at radius 2 is 2.05 bits per heavy atom. The third-order valence-corrected chi connectivity index (χ3v) is 5.81. The van der Waals surface area contributed by atoms with Crippen LogP contribution >= 0.6 is 0 Å². The summed E-state index contributed by atoms with van der Waals surface area (Å²) in [4.78, 5) is 12.0. The van der Waals surface area contributed by atoms with Gasteiger partial charge in [0.25, 0.3) is 0 Å². The van der Waals surface area contributed by atoms with Crippen molar-refractivity contribution in [2.75, 3.05) is 19.6 Å². The van der Waals surface area contributed by atoms with E-state index >= 15 is 0 Å². The fourth-order valence-electron chi connectivity index (χ4n) is 2.68. The van der Waals surface area contributed by atoms with Gasteiger partial charge in [0, 0.05) is 19.1 Å². The number of hydrogen-bond acceptors (Lipinski definition) is 5. The van der Waals surface area contributed by atoms with Gasteiger partial charge in [-0.2, -0.15) is 4.31 Å². The molecule has 2 atom stereocenters. The summed E-state index contributed by atoms with van der Waals surface area (Å²) in [5.41, 5.74) is -0.660.